The molecule has 4 N–H and O–H groups in total. The van der Waals surface area contributed by atoms with E-state index in [0.29, 0.717) is 24.1 Å². The third-order valence-corrected chi connectivity index (χ3v) is 8.69. The number of aliphatic hydroxyl groups excluding tert-OH is 1. The number of nitrogens with zero attached hydrogens (tertiary/aromatic N) is 2. The van der Waals surface area contributed by atoms with E-state index in [4.69, 9.17) is 13.9 Å². The zero-order valence-corrected chi connectivity index (χ0v) is 31.3. The van der Waals surface area contributed by atoms with Gasteiger partial charge in [0.25, 0.3) is 5.91 Å². The third-order valence-electron chi connectivity index (χ3n) is 8.69. The number of ether oxygens (including phenoxy) is 2. The van der Waals surface area contributed by atoms with Crippen molar-refractivity contribution in [1.82, 2.24) is 25.8 Å². The maximum absolute atomic E-state index is 13.9. The smallest absolute Gasteiger partial charge is 0.308 e. The second kappa shape index (κ2) is 18.5. The lowest BCUT2D eigenvalue weighted by Gasteiger charge is -2.27. The Kier molecular flexibility index (Phi) is 13.5. The molecule has 0 aliphatic carbocycles. The molecule has 1 aliphatic heterocycles. The van der Waals surface area contributed by atoms with Crippen LogP contribution in [0.2, 0.25) is 0 Å². The third kappa shape index (κ3) is 11.6. The Bertz CT molecular complexity index is 1990. The molecule has 2 heterocycles. The van der Waals surface area contributed by atoms with Gasteiger partial charge in [-0.1, -0.05) is 66.7 Å². The van der Waals surface area contributed by atoms with E-state index < -0.39 is 66.6 Å². The summed E-state index contributed by atoms with van der Waals surface area (Å²) < 4.78 is 16.6. The van der Waals surface area contributed by atoms with Crippen LogP contribution >= 0.6 is 0 Å². The Morgan fingerprint density at radius 3 is 2.22 bits per heavy atom. The number of Topliss-reactive ketones (excluding diaryl/α,β-unsaturated/α-hetero) is 1. The van der Waals surface area contributed by atoms with Crippen LogP contribution in [0.4, 0.5) is 0 Å². The van der Waals surface area contributed by atoms with Gasteiger partial charge >= 0.3 is 5.97 Å². The van der Waals surface area contributed by atoms with Crippen molar-refractivity contribution in [3.05, 3.63) is 108 Å². The summed E-state index contributed by atoms with van der Waals surface area (Å²) in [5.41, 5.74) is 1.70. The average molecular weight is 754 g/mol. The first kappa shape index (κ1) is 40.3. The summed E-state index contributed by atoms with van der Waals surface area (Å²) >= 11 is 0. The highest BCUT2D eigenvalue weighted by atomic mass is 16.6. The van der Waals surface area contributed by atoms with Crippen molar-refractivity contribution in [2.24, 2.45) is 0 Å². The lowest BCUT2D eigenvalue weighted by molar-refractivity contribution is -0.156. The van der Waals surface area contributed by atoms with Crippen LogP contribution in [0.1, 0.15) is 63.2 Å². The van der Waals surface area contributed by atoms with Crippen LogP contribution in [0.25, 0.3) is 11.1 Å². The number of fused-ring (bicyclic) bond motifs is 1. The molecule has 290 valence electrons. The van der Waals surface area contributed by atoms with Gasteiger partial charge in [-0.25, -0.2) is 4.98 Å². The number of hydrogen-bond donors (Lipinski definition) is 4. The van der Waals surface area contributed by atoms with E-state index in [2.05, 4.69) is 20.9 Å². The van der Waals surface area contributed by atoms with Crippen molar-refractivity contribution >= 4 is 40.6 Å². The summed E-state index contributed by atoms with van der Waals surface area (Å²) in [5.74, 6) is -2.65. The quantitative estimate of drug-likeness (QED) is 0.122. The van der Waals surface area contributed by atoms with Gasteiger partial charge in [-0.3, -0.25) is 29.3 Å². The number of nitrogens with one attached hydrogen (secondary N) is 3. The first-order chi connectivity index (χ1) is 26.3. The van der Waals surface area contributed by atoms with Crippen molar-refractivity contribution in [2.75, 3.05) is 13.7 Å². The SMILES string of the molecule is COc1cccc2nc([C@H](O)[C@H](CC(=O)OC(C)(C)C)NC(=O)CN3C=C[C@@H](C(=O)CCc4ccccc4)N[C@@H](NC(=O)CCc4ccccc4)C3=O)oc12. The molecule has 1 aromatic heterocycles. The number of rotatable bonds is 16. The molecule has 0 saturated carbocycles. The predicted octanol–water partition coefficient (Wildman–Crippen LogP) is 3.68. The molecule has 0 unspecified atom stereocenters. The summed E-state index contributed by atoms with van der Waals surface area (Å²) in [6, 6.07) is 21.6. The maximum Gasteiger partial charge on any atom is 0.308 e. The number of ketones is 1. The number of esters is 1. The van der Waals surface area contributed by atoms with Gasteiger partial charge in [0.2, 0.25) is 17.7 Å². The molecule has 0 bridgehead atoms. The lowest BCUT2D eigenvalue weighted by Crippen LogP contribution is -2.58. The predicted molar refractivity (Wildman–Crippen MR) is 202 cm³/mol. The number of methoxy groups -OCH3 is 1. The fraction of sp³-hybridized carbons (Fsp3) is 0.366. The van der Waals surface area contributed by atoms with Crippen LogP contribution in [0.3, 0.4) is 0 Å². The molecule has 0 radical (unpaired) electrons. The first-order valence-electron chi connectivity index (χ1n) is 18.1. The van der Waals surface area contributed by atoms with Crippen molar-refractivity contribution in [3.8, 4) is 5.75 Å². The van der Waals surface area contributed by atoms with Crippen molar-refractivity contribution < 1.29 is 43.0 Å². The molecule has 14 nitrogen and oxygen atoms in total. The number of aliphatic hydroxyl groups is 1. The number of para-hydroxylation sites is 1. The highest BCUT2D eigenvalue weighted by Gasteiger charge is 2.35. The number of carbonyl (C=O) groups excluding carboxylic acids is 5. The molecular formula is C41H47N5O9. The summed E-state index contributed by atoms with van der Waals surface area (Å²) in [5, 5.41) is 19.7. The van der Waals surface area contributed by atoms with Crippen molar-refractivity contribution in [1.29, 1.82) is 0 Å². The number of aryl methyl sites for hydroxylation is 2. The number of hydrogen-bond acceptors (Lipinski definition) is 11. The first-order valence-corrected chi connectivity index (χ1v) is 18.1. The monoisotopic (exact) mass is 753 g/mol. The van der Waals surface area contributed by atoms with E-state index in [1.165, 1.54) is 19.4 Å². The number of aromatic nitrogens is 1. The summed E-state index contributed by atoms with van der Waals surface area (Å²) in [6.07, 6.45) is 0.464. The molecule has 4 aromatic rings. The van der Waals surface area contributed by atoms with Gasteiger partial charge in [-0.05, 0) is 62.9 Å². The minimum Gasteiger partial charge on any atom is -0.493 e. The standard InChI is InChI=1S/C41H47N5O9/c1-41(2,3)55-35(50)24-30(36(51)39-44-29-16-11-17-32(53-4)37(29)54-39)42-34(49)25-46-23-22-28(31(47)20-18-26-12-7-5-8-13-26)43-38(40(46)52)45-33(48)21-19-27-14-9-6-10-15-27/h5-17,22-23,28,30,36,38,43,51H,18-21,24-25H2,1-4H3,(H,42,49)(H,45,48)/t28-,30-,36+,38-/m0/s1. The Hall–Kier alpha value is -5.86. The number of benzene rings is 3. The van der Waals surface area contributed by atoms with Gasteiger partial charge in [-0.2, -0.15) is 0 Å². The van der Waals surface area contributed by atoms with E-state index >= 15 is 0 Å². The molecule has 14 heteroatoms. The highest BCUT2D eigenvalue weighted by Crippen LogP contribution is 2.30. The summed E-state index contributed by atoms with van der Waals surface area (Å²) in [6.45, 7) is 4.47. The van der Waals surface area contributed by atoms with E-state index in [0.717, 1.165) is 16.0 Å². The topological polar surface area (TPSA) is 189 Å². The Morgan fingerprint density at radius 1 is 0.927 bits per heavy atom. The number of amides is 3. The molecule has 0 saturated heterocycles. The van der Waals surface area contributed by atoms with Crippen LogP contribution in [-0.4, -0.2) is 82.0 Å². The Balaban J connectivity index is 1.34. The fourth-order valence-corrected chi connectivity index (χ4v) is 5.99. The van der Waals surface area contributed by atoms with Gasteiger partial charge < -0.3 is 34.5 Å². The molecule has 0 fully saturated rings. The molecule has 1 aliphatic rings. The Labute approximate surface area is 319 Å². The number of oxazole rings is 1. The van der Waals surface area contributed by atoms with E-state index in [1.807, 2.05) is 60.7 Å². The molecule has 4 atom stereocenters. The Morgan fingerprint density at radius 2 is 1.58 bits per heavy atom. The second-order valence-corrected chi connectivity index (χ2v) is 14.2. The molecule has 55 heavy (non-hydrogen) atoms. The fourth-order valence-electron chi connectivity index (χ4n) is 5.99. The molecule has 3 amide bonds. The number of carbonyl (C=O) groups is 5. The largest absolute Gasteiger partial charge is 0.493 e. The molecular weight excluding hydrogens is 706 g/mol. The summed E-state index contributed by atoms with van der Waals surface area (Å²) in [7, 11) is 1.45. The van der Waals surface area contributed by atoms with Crippen LogP contribution in [0.15, 0.2) is 95.6 Å². The van der Waals surface area contributed by atoms with Crippen molar-refractivity contribution in [2.45, 2.75) is 82.8 Å². The normalized spacial score (nSPS) is 16.9. The van der Waals surface area contributed by atoms with E-state index in [1.54, 1.807) is 39.0 Å². The zero-order valence-electron chi connectivity index (χ0n) is 31.3. The zero-order chi connectivity index (χ0) is 39.5. The second-order valence-electron chi connectivity index (χ2n) is 14.2. The molecule has 3 aromatic carbocycles. The van der Waals surface area contributed by atoms with Gasteiger partial charge in [-0.15, -0.1) is 0 Å². The highest BCUT2D eigenvalue weighted by molar-refractivity contribution is 5.94. The van der Waals surface area contributed by atoms with Gasteiger partial charge in [0.05, 0.1) is 25.6 Å². The maximum atomic E-state index is 13.9. The van der Waals surface area contributed by atoms with Gasteiger partial charge in [0, 0.05) is 19.0 Å². The van der Waals surface area contributed by atoms with E-state index in [9.17, 15) is 29.1 Å². The lowest BCUT2D eigenvalue weighted by atomic mass is 10.0. The van der Waals surface area contributed by atoms with Gasteiger partial charge in [0.15, 0.2) is 29.4 Å². The minimum atomic E-state index is -1.62. The average Bonchev–Trinajstić information content (AvgIpc) is 3.54. The van der Waals surface area contributed by atoms with Crippen LogP contribution < -0.4 is 20.7 Å². The van der Waals surface area contributed by atoms with E-state index in [-0.39, 0.29) is 30.1 Å². The molecule has 5 rings (SSSR count). The minimum absolute atomic E-state index is 0.0714. The molecule has 0 spiro atoms. The van der Waals surface area contributed by atoms with Crippen LogP contribution in [-0.2, 0) is 41.6 Å². The van der Waals surface area contributed by atoms with Gasteiger partial charge in [0.1, 0.15) is 17.7 Å². The van der Waals surface area contributed by atoms with Crippen molar-refractivity contribution in [3.63, 3.8) is 0 Å². The van der Waals surface area contributed by atoms with Crippen LogP contribution in [0.5, 0.6) is 5.75 Å². The summed E-state index contributed by atoms with van der Waals surface area (Å²) in [4.78, 5) is 72.5. The van der Waals surface area contributed by atoms with Crippen LogP contribution in [0, 0.1) is 0 Å².